The van der Waals surface area contributed by atoms with E-state index in [4.69, 9.17) is 5.11 Å². The van der Waals surface area contributed by atoms with Crippen LogP contribution in [0.1, 0.15) is 30.8 Å². The fraction of sp³-hybridized carbons (Fsp3) is 0.643. The first kappa shape index (κ1) is 16.2. The first-order valence-corrected chi connectivity index (χ1v) is 6.71. The summed E-state index contributed by atoms with van der Waals surface area (Å²) >= 11 is 0. The van der Waals surface area contributed by atoms with Gasteiger partial charge in [-0.1, -0.05) is 13.8 Å². The van der Waals surface area contributed by atoms with Crippen LogP contribution in [0.25, 0.3) is 0 Å². The smallest absolute Gasteiger partial charge is 0.323 e. The highest BCUT2D eigenvalue weighted by atomic mass is 16.4. The number of carbonyl (C=O) groups is 2. The maximum atomic E-state index is 12.3. The third-order valence-electron chi connectivity index (χ3n) is 3.25. The van der Waals surface area contributed by atoms with E-state index < -0.39 is 5.97 Å². The van der Waals surface area contributed by atoms with Crippen LogP contribution in [0.3, 0.4) is 0 Å². The molecule has 0 aromatic carbocycles. The maximum absolute atomic E-state index is 12.3. The van der Waals surface area contributed by atoms with Gasteiger partial charge in [-0.05, 0) is 19.8 Å². The molecule has 0 aliphatic rings. The molecule has 1 amide bonds. The monoisotopic (exact) mass is 281 g/mol. The molecule has 0 aliphatic carbocycles. The quantitative estimate of drug-likeness (QED) is 0.848. The number of carboxylic acids is 1. The van der Waals surface area contributed by atoms with Crippen LogP contribution >= 0.6 is 0 Å². The van der Waals surface area contributed by atoms with Gasteiger partial charge in [0.15, 0.2) is 0 Å². The van der Waals surface area contributed by atoms with Crippen LogP contribution in [0.5, 0.6) is 0 Å². The average Bonchev–Trinajstić information content (AvgIpc) is 2.54. The minimum absolute atomic E-state index is 0.166. The highest BCUT2D eigenvalue weighted by molar-refractivity contribution is 5.83. The molecule has 0 atom stereocenters. The van der Waals surface area contributed by atoms with E-state index in [-0.39, 0.29) is 24.8 Å². The van der Waals surface area contributed by atoms with Crippen molar-refractivity contribution in [3.63, 3.8) is 0 Å². The van der Waals surface area contributed by atoms with Crippen molar-refractivity contribution in [1.29, 1.82) is 0 Å². The Labute approximate surface area is 119 Å². The molecule has 0 saturated carbocycles. The molecule has 0 aliphatic heterocycles. The molecular weight excluding hydrogens is 258 g/mol. The van der Waals surface area contributed by atoms with Gasteiger partial charge in [-0.2, -0.15) is 5.10 Å². The van der Waals surface area contributed by atoms with Gasteiger partial charge in [-0.15, -0.1) is 0 Å². The molecule has 1 aromatic heterocycles. The Bertz CT molecular complexity index is 506. The summed E-state index contributed by atoms with van der Waals surface area (Å²) in [7, 11) is 1.83. The van der Waals surface area contributed by atoms with Crippen LogP contribution in [0.4, 0.5) is 0 Å². The second-order valence-electron chi connectivity index (χ2n) is 5.51. The molecule has 1 heterocycles. The minimum atomic E-state index is -0.987. The van der Waals surface area contributed by atoms with Gasteiger partial charge in [0, 0.05) is 24.8 Å². The summed E-state index contributed by atoms with van der Waals surface area (Å²) in [5, 5.41) is 13.2. The van der Waals surface area contributed by atoms with E-state index in [1.165, 1.54) is 4.90 Å². The summed E-state index contributed by atoms with van der Waals surface area (Å²) < 4.78 is 1.74. The average molecular weight is 281 g/mol. The Balaban J connectivity index is 2.87. The number of aromatic nitrogens is 2. The molecule has 0 radical (unpaired) electrons. The molecule has 0 spiro atoms. The number of aryl methyl sites for hydroxylation is 2. The van der Waals surface area contributed by atoms with Crippen LogP contribution in [-0.2, 0) is 23.1 Å². The zero-order valence-electron chi connectivity index (χ0n) is 12.8. The van der Waals surface area contributed by atoms with E-state index in [0.29, 0.717) is 6.54 Å². The van der Waals surface area contributed by atoms with E-state index >= 15 is 0 Å². The molecule has 0 bridgehead atoms. The van der Waals surface area contributed by atoms with Gasteiger partial charge < -0.3 is 10.0 Å². The fourth-order valence-corrected chi connectivity index (χ4v) is 2.19. The number of nitrogens with zero attached hydrogens (tertiary/aromatic N) is 3. The van der Waals surface area contributed by atoms with Gasteiger partial charge in [0.25, 0.3) is 0 Å². The number of hydrogen-bond donors (Lipinski definition) is 1. The Morgan fingerprint density at radius 3 is 2.35 bits per heavy atom. The van der Waals surface area contributed by atoms with Crippen LogP contribution in [0.2, 0.25) is 0 Å². The third-order valence-corrected chi connectivity index (χ3v) is 3.25. The lowest BCUT2D eigenvalue weighted by atomic mass is 10.1. The maximum Gasteiger partial charge on any atom is 0.323 e. The van der Waals surface area contributed by atoms with E-state index in [1.54, 1.807) is 4.68 Å². The van der Waals surface area contributed by atoms with Crippen molar-refractivity contribution in [2.45, 2.75) is 34.1 Å². The van der Waals surface area contributed by atoms with E-state index in [9.17, 15) is 9.59 Å². The molecule has 20 heavy (non-hydrogen) atoms. The van der Waals surface area contributed by atoms with Gasteiger partial charge >= 0.3 is 5.97 Å². The van der Waals surface area contributed by atoms with Gasteiger partial charge in [-0.3, -0.25) is 14.3 Å². The van der Waals surface area contributed by atoms with Gasteiger partial charge in [-0.25, -0.2) is 0 Å². The highest BCUT2D eigenvalue weighted by Crippen LogP contribution is 2.14. The minimum Gasteiger partial charge on any atom is -0.480 e. The molecular formula is C14H23N3O3. The third kappa shape index (κ3) is 4.08. The molecule has 0 unspecified atom stereocenters. The van der Waals surface area contributed by atoms with Crippen LogP contribution in [-0.4, -0.2) is 44.8 Å². The number of carbonyl (C=O) groups excluding carboxylic acids is 1. The van der Waals surface area contributed by atoms with E-state index in [0.717, 1.165) is 17.0 Å². The van der Waals surface area contributed by atoms with Crippen molar-refractivity contribution in [2.75, 3.05) is 13.1 Å². The lowest BCUT2D eigenvalue weighted by Crippen LogP contribution is -2.39. The van der Waals surface area contributed by atoms with Gasteiger partial charge in [0.2, 0.25) is 5.91 Å². The Morgan fingerprint density at radius 2 is 1.95 bits per heavy atom. The number of amides is 1. The summed E-state index contributed by atoms with van der Waals surface area (Å²) in [5.41, 5.74) is 2.64. The normalized spacial score (nSPS) is 10.9. The second kappa shape index (κ2) is 6.54. The second-order valence-corrected chi connectivity index (χ2v) is 5.51. The van der Waals surface area contributed by atoms with Crippen molar-refractivity contribution < 1.29 is 14.7 Å². The Morgan fingerprint density at radius 1 is 1.35 bits per heavy atom. The van der Waals surface area contributed by atoms with Gasteiger partial charge in [0.1, 0.15) is 6.54 Å². The summed E-state index contributed by atoms with van der Waals surface area (Å²) in [6, 6.07) is 0. The van der Waals surface area contributed by atoms with Crippen LogP contribution < -0.4 is 0 Å². The molecule has 1 N–H and O–H groups in total. The molecule has 112 valence electrons. The molecule has 0 fully saturated rings. The van der Waals surface area contributed by atoms with Crippen LogP contribution in [0, 0.1) is 19.8 Å². The fourth-order valence-electron chi connectivity index (χ4n) is 2.19. The number of carboxylic acid groups (broad SMARTS) is 1. The topological polar surface area (TPSA) is 75.4 Å². The SMILES string of the molecule is Cc1nn(C)c(C)c1CC(=O)N(CC(=O)O)CC(C)C. The predicted molar refractivity (Wildman–Crippen MR) is 75.4 cm³/mol. The van der Waals surface area contributed by atoms with Crippen molar-refractivity contribution in [3.8, 4) is 0 Å². The summed E-state index contributed by atoms with van der Waals surface area (Å²) in [4.78, 5) is 24.6. The van der Waals surface area contributed by atoms with Crippen molar-refractivity contribution in [1.82, 2.24) is 14.7 Å². The van der Waals surface area contributed by atoms with E-state index in [2.05, 4.69) is 5.10 Å². The van der Waals surface area contributed by atoms with Gasteiger partial charge in [0.05, 0.1) is 12.1 Å². The molecule has 6 nitrogen and oxygen atoms in total. The largest absolute Gasteiger partial charge is 0.480 e. The first-order chi connectivity index (χ1) is 9.22. The zero-order valence-corrected chi connectivity index (χ0v) is 12.8. The van der Waals surface area contributed by atoms with Crippen molar-refractivity contribution >= 4 is 11.9 Å². The number of hydrogen-bond acceptors (Lipinski definition) is 3. The summed E-state index contributed by atoms with van der Waals surface area (Å²) in [6.07, 6.45) is 0.200. The summed E-state index contributed by atoms with van der Waals surface area (Å²) in [5.74, 6) is -0.923. The summed E-state index contributed by atoms with van der Waals surface area (Å²) in [6.45, 7) is 7.89. The Hall–Kier alpha value is -1.85. The zero-order chi connectivity index (χ0) is 15.4. The number of aliphatic carboxylic acids is 1. The standard InChI is InChI=1S/C14H23N3O3/c1-9(2)7-17(8-14(19)20)13(18)6-12-10(3)15-16(5)11(12)4/h9H,6-8H2,1-5H3,(H,19,20). The molecule has 1 rings (SSSR count). The highest BCUT2D eigenvalue weighted by Gasteiger charge is 2.21. The first-order valence-electron chi connectivity index (χ1n) is 6.71. The Kier molecular flexibility index (Phi) is 5.30. The molecule has 6 heteroatoms. The van der Waals surface area contributed by atoms with Crippen LogP contribution in [0.15, 0.2) is 0 Å². The predicted octanol–water partition coefficient (Wildman–Crippen LogP) is 1.15. The lowest BCUT2D eigenvalue weighted by molar-refractivity contribution is -0.144. The molecule has 0 saturated heterocycles. The molecule has 1 aromatic rings. The van der Waals surface area contributed by atoms with E-state index in [1.807, 2.05) is 34.7 Å². The number of rotatable bonds is 6. The van der Waals surface area contributed by atoms with Crippen molar-refractivity contribution in [2.24, 2.45) is 13.0 Å². The lowest BCUT2D eigenvalue weighted by Gasteiger charge is -2.22. The van der Waals surface area contributed by atoms with Crippen molar-refractivity contribution in [3.05, 3.63) is 17.0 Å².